The Morgan fingerprint density at radius 1 is 1.17 bits per heavy atom. The van der Waals surface area contributed by atoms with Crippen molar-refractivity contribution in [2.24, 2.45) is 0 Å². The lowest BCUT2D eigenvalue weighted by atomic mass is 10.2. The molecule has 0 radical (unpaired) electrons. The van der Waals surface area contributed by atoms with E-state index < -0.39 is 12.0 Å². The monoisotopic (exact) mass is 340 g/mol. The Morgan fingerprint density at radius 3 is 2.61 bits per heavy atom. The number of aryl methyl sites for hydroxylation is 1. The molecule has 2 N–H and O–H groups in total. The van der Waals surface area contributed by atoms with Gasteiger partial charge in [0, 0.05) is 16.4 Å². The topological polar surface area (TPSA) is 53.6 Å². The number of H-pyrrole nitrogens is 1. The second kappa shape index (κ2) is 5.42. The van der Waals surface area contributed by atoms with E-state index in [4.69, 9.17) is 11.6 Å². The van der Waals surface area contributed by atoms with E-state index in [0.717, 1.165) is 5.56 Å². The van der Waals surface area contributed by atoms with Crippen molar-refractivity contribution < 1.29 is 13.2 Å². The van der Waals surface area contributed by atoms with Crippen molar-refractivity contribution >= 4 is 34.1 Å². The lowest BCUT2D eigenvalue weighted by molar-refractivity contribution is -0.144. The fourth-order valence-corrected chi connectivity index (χ4v) is 2.41. The minimum atomic E-state index is -4.63. The Bertz CT molecular complexity index is 886. The summed E-state index contributed by atoms with van der Waals surface area (Å²) in [6.45, 7) is 3.51. The van der Waals surface area contributed by atoms with Gasteiger partial charge in [0.15, 0.2) is 0 Å². The third-order valence-corrected chi connectivity index (χ3v) is 3.81. The first-order valence-electron chi connectivity index (χ1n) is 6.72. The van der Waals surface area contributed by atoms with Crippen molar-refractivity contribution in [3.8, 4) is 0 Å². The average Bonchev–Trinajstić information content (AvgIpc) is 2.83. The van der Waals surface area contributed by atoms with Gasteiger partial charge in [-0.3, -0.25) is 0 Å². The van der Waals surface area contributed by atoms with Gasteiger partial charge in [0.2, 0.25) is 5.82 Å². The summed E-state index contributed by atoms with van der Waals surface area (Å²) in [7, 11) is 0. The van der Waals surface area contributed by atoms with Crippen molar-refractivity contribution in [2.45, 2.75) is 20.0 Å². The summed E-state index contributed by atoms with van der Waals surface area (Å²) in [5, 5.41) is 3.92. The predicted molar refractivity (Wildman–Crippen MR) is 83.1 cm³/mol. The molecule has 8 heteroatoms. The molecule has 0 fully saturated rings. The molecule has 3 rings (SSSR count). The van der Waals surface area contributed by atoms with E-state index in [2.05, 4.69) is 20.3 Å². The lowest BCUT2D eigenvalue weighted by Crippen LogP contribution is -2.12. The largest absolute Gasteiger partial charge is 0.451 e. The number of halogens is 4. The number of nitrogens with zero attached hydrogens (tertiary/aromatic N) is 2. The van der Waals surface area contributed by atoms with Gasteiger partial charge in [0.1, 0.15) is 11.5 Å². The first kappa shape index (κ1) is 15.6. The van der Waals surface area contributed by atoms with Crippen LogP contribution in [0.15, 0.2) is 24.3 Å². The van der Waals surface area contributed by atoms with E-state index in [-0.39, 0.29) is 11.5 Å². The molecule has 0 aliphatic rings. The molecule has 0 unspecified atom stereocenters. The number of fused-ring (bicyclic) bond motifs is 1. The number of hydrogen-bond acceptors (Lipinski definition) is 3. The van der Waals surface area contributed by atoms with E-state index >= 15 is 0 Å². The highest BCUT2D eigenvalue weighted by Gasteiger charge is 2.36. The van der Waals surface area contributed by atoms with Crippen LogP contribution in [0.5, 0.6) is 0 Å². The van der Waals surface area contributed by atoms with Crippen LogP contribution >= 0.6 is 11.6 Å². The molecule has 1 aromatic carbocycles. The van der Waals surface area contributed by atoms with Crippen LogP contribution in [0.3, 0.4) is 0 Å². The molecule has 3 aromatic rings. The zero-order chi connectivity index (χ0) is 16.8. The zero-order valence-corrected chi connectivity index (χ0v) is 13.0. The minimum absolute atomic E-state index is 0.0806. The molecule has 0 saturated carbocycles. The maximum Gasteiger partial charge on any atom is 0.451 e. The minimum Gasteiger partial charge on any atom is -0.343 e. The van der Waals surface area contributed by atoms with E-state index in [0.29, 0.717) is 21.8 Å². The maximum atomic E-state index is 13.0. The van der Waals surface area contributed by atoms with Crippen LogP contribution in [-0.4, -0.2) is 15.0 Å². The van der Waals surface area contributed by atoms with Crippen molar-refractivity contribution in [3.63, 3.8) is 0 Å². The zero-order valence-electron chi connectivity index (χ0n) is 12.2. The van der Waals surface area contributed by atoms with Gasteiger partial charge in [0.05, 0.1) is 5.39 Å². The highest BCUT2D eigenvalue weighted by molar-refractivity contribution is 6.31. The van der Waals surface area contributed by atoms with Gasteiger partial charge < -0.3 is 10.3 Å². The van der Waals surface area contributed by atoms with Crippen molar-refractivity contribution in [3.05, 3.63) is 46.4 Å². The molecule has 23 heavy (non-hydrogen) atoms. The van der Waals surface area contributed by atoms with Gasteiger partial charge in [0.25, 0.3) is 0 Å². The standard InChI is InChI=1S/C15H12ClF3N4/c1-7-6-9-12(20-7)22-14(15(17,18)19)23-13(9)21-11-5-3-4-10(16)8(11)2/h3-6H,1-2H3,(H2,20,21,22,23). The number of alkyl halides is 3. The van der Waals surface area contributed by atoms with Gasteiger partial charge >= 0.3 is 6.18 Å². The van der Waals surface area contributed by atoms with Crippen molar-refractivity contribution in [1.82, 2.24) is 15.0 Å². The second-order valence-corrected chi connectivity index (χ2v) is 5.55. The molecule has 2 aromatic heterocycles. The SMILES string of the molecule is Cc1cc2c(Nc3cccc(Cl)c3C)nc(C(F)(F)F)nc2[nH]1. The second-order valence-electron chi connectivity index (χ2n) is 5.15. The first-order chi connectivity index (χ1) is 10.8. The molecule has 0 aliphatic carbocycles. The fourth-order valence-electron chi connectivity index (χ4n) is 2.23. The van der Waals surface area contributed by atoms with Gasteiger partial charge in [-0.25, -0.2) is 9.97 Å². The van der Waals surface area contributed by atoms with Gasteiger partial charge in [-0.1, -0.05) is 17.7 Å². The molecule has 0 spiro atoms. The molecule has 0 aliphatic heterocycles. The average molecular weight is 341 g/mol. The number of aromatic amines is 1. The molecule has 120 valence electrons. The number of hydrogen-bond donors (Lipinski definition) is 2. The summed E-state index contributed by atoms with van der Waals surface area (Å²) in [4.78, 5) is 10.00. The summed E-state index contributed by atoms with van der Waals surface area (Å²) in [5.74, 6) is -1.12. The molecule has 0 bridgehead atoms. The molecule has 0 atom stereocenters. The Balaban J connectivity index is 2.17. The van der Waals surface area contributed by atoms with Crippen LogP contribution in [-0.2, 0) is 6.18 Å². The summed E-state index contributed by atoms with van der Waals surface area (Å²) in [5.41, 5.74) is 2.14. The summed E-state index contributed by atoms with van der Waals surface area (Å²) in [6, 6.07) is 6.84. The van der Waals surface area contributed by atoms with Gasteiger partial charge in [-0.2, -0.15) is 13.2 Å². The maximum absolute atomic E-state index is 13.0. The molecule has 0 amide bonds. The van der Waals surface area contributed by atoms with Crippen LogP contribution in [0.2, 0.25) is 5.02 Å². The van der Waals surface area contributed by atoms with E-state index in [9.17, 15) is 13.2 Å². The van der Waals surface area contributed by atoms with E-state index in [1.165, 1.54) is 0 Å². The van der Waals surface area contributed by atoms with E-state index in [1.54, 1.807) is 38.1 Å². The highest BCUT2D eigenvalue weighted by atomic mass is 35.5. The quantitative estimate of drug-likeness (QED) is 0.691. The fraction of sp³-hybridized carbons (Fsp3) is 0.200. The predicted octanol–water partition coefficient (Wildman–Crippen LogP) is 4.99. The van der Waals surface area contributed by atoms with E-state index in [1.807, 2.05) is 0 Å². The molecule has 4 nitrogen and oxygen atoms in total. The van der Waals surface area contributed by atoms with Gasteiger partial charge in [-0.15, -0.1) is 0 Å². The number of rotatable bonds is 2. The summed E-state index contributed by atoms with van der Waals surface area (Å²) >= 11 is 6.05. The Labute approximate surface area is 134 Å². The van der Waals surface area contributed by atoms with Crippen LogP contribution < -0.4 is 5.32 Å². The Hall–Kier alpha value is -2.28. The van der Waals surface area contributed by atoms with Crippen LogP contribution in [0, 0.1) is 13.8 Å². The molecular formula is C15H12ClF3N4. The number of anilines is 2. The van der Waals surface area contributed by atoms with Crippen LogP contribution in [0.25, 0.3) is 11.0 Å². The Kier molecular flexibility index (Phi) is 3.68. The molecule has 0 saturated heterocycles. The van der Waals surface area contributed by atoms with Crippen LogP contribution in [0.4, 0.5) is 24.7 Å². The highest BCUT2D eigenvalue weighted by Crippen LogP contribution is 2.33. The smallest absolute Gasteiger partial charge is 0.343 e. The lowest BCUT2D eigenvalue weighted by Gasteiger charge is -2.12. The van der Waals surface area contributed by atoms with Crippen molar-refractivity contribution in [1.29, 1.82) is 0 Å². The number of aromatic nitrogens is 3. The Morgan fingerprint density at radius 2 is 1.91 bits per heavy atom. The number of benzene rings is 1. The summed E-state index contributed by atoms with van der Waals surface area (Å²) < 4.78 is 39.0. The molecular weight excluding hydrogens is 329 g/mol. The third kappa shape index (κ3) is 2.96. The summed E-state index contributed by atoms with van der Waals surface area (Å²) in [6.07, 6.45) is -4.63. The van der Waals surface area contributed by atoms with Crippen LogP contribution in [0.1, 0.15) is 17.1 Å². The number of nitrogens with one attached hydrogen (secondary N) is 2. The van der Waals surface area contributed by atoms with Gasteiger partial charge in [-0.05, 0) is 37.6 Å². The first-order valence-corrected chi connectivity index (χ1v) is 7.10. The molecule has 2 heterocycles. The third-order valence-electron chi connectivity index (χ3n) is 3.40. The van der Waals surface area contributed by atoms with Crippen molar-refractivity contribution in [2.75, 3.05) is 5.32 Å². The normalized spacial score (nSPS) is 11.9.